The average molecular weight is 172 g/mol. The van der Waals surface area contributed by atoms with Gasteiger partial charge in [-0.2, -0.15) is 0 Å². The molecule has 70 valence electrons. The van der Waals surface area contributed by atoms with Crippen molar-refractivity contribution >= 4 is 6.29 Å². The van der Waals surface area contributed by atoms with Crippen molar-refractivity contribution in [2.75, 3.05) is 0 Å². The van der Waals surface area contributed by atoms with Gasteiger partial charge in [-0.1, -0.05) is 32.1 Å². The standard InChI is InChI=1S/C10H17FO/c11-10-7-5-3-1-2-4-6-9(10)8-12/h8-10H,1-7H2. The Labute approximate surface area is 73.3 Å². The smallest absolute Gasteiger partial charge is 0.125 e. The molecule has 0 radical (unpaired) electrons. The van der Waals surface area contributed by atoms with Crippen LogP contribution < -0.4 is 0 Å². The van der Waals surface area contributed by atoms with Crippen LogP contribution in [0.25, 0.3) is 0 Å². The van der Waals surface area contributed by atoms with Crippen LogP contribution >= 0.6 is 0 Å². The minimum Gasteiger partial charge on any atom is -0.303 e. The lowest BCUT2D eigenvalue weighted by Gasteiger charge is -2.12. The molecule has 0 amide bonds. The summed E-state index contributed by atoms with van der Waals surface area (Å²) < 4.78 is 13.2. The van der Waals surface area contributed by atoms with Crippen molar-refractivity contribution < 1.29 is 9.18 Å². The molecular weight excluding hydrogens is 155 g/mol. The Morgan fingerprint density at radius 2 is 1.58 bits per heavy atom. The summed E-state index contributed by atoms with van der Waals surface area (Å²) in [5.41, 5.74) is 0. The van der Waals surface area contributed by atoms with E-state index in [0.29, 0.717) is 6.42 Å². The molecule has 0 heterocycles. The first-order valence-electron chi connectivity index (χ1n) is 4.94. The fraction of sp³-hybridized carbons (Fsp3) is 0.900. The Morgan fingerprint density at radius 3 is 2.25 bits per heavy atom. The second-order valence-electron chi connectivity index (χ2n) is 3.66. The van der Waals surface area contributed by atoms with Crippen molar-refractivity contribution in [3.05, 3.63) is 0 Å². The number of rotatable bonds is 1. The molecule has 1 rings (SSSR count). The van der Waals surface area contributed by atoms with Gasteiger partial charge in [0.1, 0.15) is 12.5 Å². The number of aldehydes is 1. The molecule has 2 unspecified atom stereocenters. The predicted octanol–water partition coefficient (Wildman–Crippen LogP) is 2.88. The lowest BCUT2D eigenvalue weighted by atomic mass is 9.97. The van der Waals surface area contributed by atoms with Crippen molar-refractivity contribution in [1.82, 2.24) is 0 Å². The van der Waals surface area contributed by atoms with Gasteiger partial charge in [0.2, 0.25) is 0 Å². The van der Waals surface area contributed by atoms with E-state index in [-0.39, 0.29) is 5.92 Å². The molecule has 1 fully saturated rings. The Hall–Kier alpha value is -0.400. The Bertz CT molecular complexity index is 136. The summed E-state index contributed by atoms with van der Waals surface area (Å²) in [6.45, 7) is 0. The third-order valence-corrected chi connectivity index (χ3v) is 2.66. The van der Waals surface area contributed by atoms with Crippen LogP contribution in [-0.4, -0.2) is 12.5 Å². The van der Waals surface area contributed by atoms with Crippen molar-refractivity contribution in [3.63, 3.8) is 0 Å². The molecule has 0 aromatic heterocycles. The topological polar surface area (TPSA) is 17.1 Å². The van der Waals surface area contributed by atoms with Gasteiger partial charge < -0.3 is 4.79 Å². The van der Waals surface area contributed by atoms with Crippen molar-refractivity contribution in [3.8, 4) is 0 Å². The molecule has 0 aliphatic heterocycles. The van der Waals surface area contributed by atoms with Gasteiger partial charge in [0.25, 0.3) is 0 Å². The van der Waals surface area contributed by atoms with Crippen molar-refractivity contribution in [1.29, 1.82) is 0 Å². The van der Waals surface area contributed by atoms with Gasteiger partial charge in [-0.15, -0.1) is 0 Å². The molecule has 1 aliphatic carbocycles. The quantitative estimate of drug-likeness (QED) is 0.556. The number of carbonyl (C=O) groups excluding carboxylic acids is 1. The second kappa shape index (κ2) is 5.28. The van der Waals surface area contributed by atoms with Crippen molar-refractivity contribution in [2.24, 2.45) is 5.92 Å². The summed E-state index contributed by atoms with van der Waals surface area (Å²) >= 11 is 0. The Kier molecular flexibility index (Phi) is 4.26. The molecule has 0 aromatic carbocycles. The van der Waals surface area contributed by atoms with Crippen LogP contribution in [0.4, 0.5) is 4.39 Å². The van der Waals surface area contributed by atoms with Crippen LogP contribution in [0.3, 0.4) is 0 Å². The van der Waals surface area contributed by atoms with Crippen LogP contribution in [-0.2, 0) is 4.79 Å². The van der Waals surface area contributed by atoms with Gasteiger partial charge in [-0.25, -0.2) is 4.39 Å². The lowest BCUT2D eigenvalue weighted by Crippen LogP contribution is -2.16. The second-order valence-corrected chi connectivity index (χ2v) is 3.66. The molecule has 12 heavy (non-hydrogen) atoms. The zero-order chi connectivity index (χ0) is 8.81. The van der Waals surface area contributed by atoms with Gasteiger partial charge in [0, 0.05) is 5.92 Å². The lowest BCUT2D eigenvalue weighted by molar-refractivity contribution is -0.113. The molecule has 0 aromatic rings. The highest BCUT2D eigenvalue weighted by Crippen LogP contribution is 2.22. The summed E-state index contributed by atoms with van der Waals surface area (Å²) in [4.78, 5) is 10.5. The molecule has 0 saturated heterocycles. The van der Waals surface area contributed by atoms with E-state index >= 15 is 0 Å². The van der Waals surface area contributed by atoms with Gasteiger partial charge in [-0.05, 0) is 12.8 Å². The minimum absolute atomic E-state index is 0.317. The monoisotopic (exact) mass is 172 g/mol. The van der Waals surface area contributed by atoms with E-state index in [1.54, 1.807) is 0 Å². The molecule has 1 aliphatic rings. The largest absolute Gasteiger partial charge is 0.303 e. The molecule has 2 atom stereocenters. The van der Waals surface area contributed by atoms with Crippen LogP contribution in [0.2, 0.25) is 0 Å². The van der Waals surface area contributed by atoms with E-state index < -0.39 is 6.17 Å². The summed E-state index contributed by atoms with van der Waals surface area (Å²) in [7, 11) is 0. The van der Waals surface area contributed by atoms with E-state index in [1.165, 1.54) is 6.42 Å². The zero-order valence-electron chi connectivity index (χ0n) is 7.47. The maximum Gasteiger partial charge on any atom is 0.125 e. The fourth-order valence-corrected chi connectivity index (χ4v) is 1.80. The Balaban J connectivity index is 2.40. The number of halogens is 1. The van der Waals surface area contributed by atoms with E-state index in [1.807, 2.05) is 0 Å². The maximum atomic E-state index is 13.2. The molecule has 0 N–H and O–H groups in total. The van der Waals surface area contributed by atoms with E-state index in [4.69, 9.17) is 0 Å². The predicted molar refractivity (Wildman–Crippen MR) is 46.8 cm³/mol. The highest BCUT2D eigenvalue weighted by atomic mass is 19.1. The van der Waals surface area contributed by atoms with E-state index in [0.717, 1.165) is 38.4 Å². The van der Waals surface area contributed by atoms with Crippen LogP contribution in [0.1, 0.15) is 44.9 Å². The maximum absolute atomic E-state index is 13.2. The van der Waals surface area contributed by atoms with Crippen LogP contribution in [0, 0.1) is 5.92 Å². The number of hydrogen-bond acceptors (Lipinski definition) is 1. The highest BCUT2D eigenvalue weighted by Gasteiger charge is 2.20. The van der Waals surface area contributed by atoms with E-state index in [2.05, 4.69) is 0 Å². The minimum atomic E-state index is -0.874. The first kappa shape index (κ1) is 9.69. The van der Waals surface area contributed by atoms with Crippen molar-refractivity contribution in [2.45, 2.75) is 51.1 Å². The van der Waals surface area contributed by atoms with Gasteiger partial charge in [0.05, 0.1) is 0 Å². The zero-order valence-corrected chi connectivity index (χ0v) is 7.47. The SMILES string of the molecule is O=CC1CCCCCCCC1F. The molecule has 2 heteroatoms. The number of alkyl halides is 1. The van der Waals surface area contributed by atoms with E-state index in [9.17, 15) is 9.18 Å². The summed E-state index contributed by atoms with van der Waals surface area (Å²) in [6, 6.07) is 0. The van der Waals surface area contributed by atoms with Gasteiger partial charge >= 0.3 is 0 Å². The van der Waals surface area contributed by atoms with Crippen LogP contribution in [0.15, 0.2) is 0 Å². The number of hydrogen-bond donors (Lipinski definition) is 0. The van der Waals surface area contributed by atoms with Gasteiger partial charge in [-0.3, -0.25) is 0 Å². The average Bonchev–Trinajstić information content (AvgIpc) is 2.17. The highest BCUT2D eigenvalue weighted by molar-refractivity contribution is 5.54. The molecule has 0 spiro atoms. The molecule has 1 nitrogen and oxygen atoms in total. The number of carbonyl (C=O) groups is 1. The summed E-state index contributed by atoms with van der Waals surface area (Å²) in [6.07, 6.45) is 6.74. The third kappa shape index (κ3) is 2.92. The summed E-state index contributed by atoms with van der Waals surface area (Å²) in [5, 5.41) is 0. The van der Waals surface area contributed by atoms with Crippen LogP contribution in [0.5, 0.6) is 0 Å². The Morgan fingerprint density at radius 1 is 1.00 bits per heavy atom. The molecule has 1 saturated carbocycles. The summed E-state index contributed by atoms with van der Waals surface area (Å²) in [5.74, 6) is -0.317. The normalized spacial score (nSPS) is 33.1. The van der Waals surface area contributed by atoms with Gasteiger partial charge in [0.15, 0.2) is 0 Å². The first-order chi connectivity index (χ1) is 5.84. The fourth-order valence-electron chi connectivity index (χ4n) is 1.80. The molecular formula is C10H17FO. The first-order valence-corrected chi connectivity index (χ1v) is 4.94. The molecule has 0 bridgehead atoms. The third-order valence-electron chi connectivity index (χ3n) is 2.66.